The Kier molecular flexibility index (Phi) is 4.66. The van der Waals surface area contributed by atoms with Crippen molar-refractivity contribution in [2.75, 3.05) is 0 Å². The van der Waals surface area contributed by atoms with Gasteiger partial charge in [-0.25, -0.2) is 4.79 Å². The number of carboxylic acids is 1. The number of esters is 1. The Morgan fingerprint density at radius 1 is 1.44 bits per heavy atom. The second-order valence-electron chi connectivity index (χ2n) is 7.05. The minimum absolute atomic E-state index is 0.195. The van der Waals surface area contributed by atoms with Gasteiger partial charge in [0.1, 0.15) is 6.10 Å². The summed E-state index contributed by atoms with van der Waals surface area (Å²) in [5.41, 5.74) is 1.33. The number of carbonyl (C=O) groups excluding carboxylic acids is 1. The number of aliphatic carboxylic acids is 1. The molecule has 2 heterocycles. The van der Waals surface area contributed by atoms with Crippen LogP contribution >= 0.6 is 0 Å². The van der Waals surface area contributed by atoms with Gasteiger partial charge in [0.05, 0.1) is 24.0 Å². The van der Waals surface area contributed by atoms with Gasteiger partial charge in [0.25, 0.3) is 0 Å². The van der Waals surface area contributed by atoms with Gasteiger partial charge in [-0.05, 0) is 48.8 Å². The molecule has 0 amide bonds. The lowest BCUT2D eigenvalue weighted by Crippen LogP contribution is -2.41. The number of hydrogen-bond acceptors (Lipinski definition) is 4. The molecule has 1 N–H and O–H groups in total. The first-order valence-corrected chi connectivity index (χ1v) is 8.41. The molecule has 1 saturated heterocycles. The number of carbonyl (C=O) groups is 2. The molecule has 132 valence electrons. The maximum absolute atomic E-state index is 12.7. The van der Waals surface area contributed by atoms with Crippen LogP contribution in [0, 0.1) is 11.3 Å². The summed E-state index contributed by atoms with van der Waals surface area (Å²) in [6, 6.07) is 1.82. The molecule has 0 saturated carbocycles. The summed E-state index contributed by atoms with van der Waals surface area (Å²) in [7, 11) is 0. The minimum Gasteiger partial charge on any atom is -0.478 e. The first kappa shape index (κ1) is 17.3. The Morgan fingerprint density at radius 2 is 2.24 bits per heavy atom. The number of fused-ring (bicyclic) bond motifs is 1. The predicted octanol–water partition coefficient (Wildman–Crippen LogP) is 4.20. The molecule has 0 radical (unpaired) electrons. The van der Waals surface area contributed by atoms with Gasteiger partial charge in [-0.1, -0.05) is 25.7 Å². The van der Waals surface area contributed by atoms with Gasteiger partial charge in [-0.3, -0.25) is 4.79 Å². The first-order valence-electron chi connectivity index (χ1n) is 8.41. The van der Waals surface area contributed by atoms with E-state index < -0.39 is 5.97 Å². The third-order valence-electron chi connectivity index (χ3n) is 5.28. The van der Waals surface area contributed by atoms with E-state index in [1.54, 1.807) is 24.7 Å². The van der Waals surface area contributed by atoms with Gasteiger partial charge < -0.3 is 14.3 Å². The number of cyclic esters (lactones) is 1. The standard InChI is InChI=1S/C20H22O5/c1-13-6-7-16-19(23)25-17(14-8-10-24-12-14)11-20(16,2)9-4-3-5-15(13)18(21)22/h3-5,8,10,12,16-17H,1,6-7,9,11H2,2H3,(H,21,22)/b4-3-,15-5?/t16-,17-,20-/m0/s1. The van der Waals surface area contributed by atoms with Crippen LogP contribution in [-0.2, 0) is 14.3 Å². The van der Waals surface area contributed by atoms with Gasteiger partial charge in [0.15, 0.2) is 0 Å². The van der Waals surface area contributed by atoms with Crippen molar-refractivity contribution < 1.29 is 23.8 Å². The molecule has 2 aliphatic rings. The molecule has 0 aromatic carbocycles. The van der Waals surface area contributed by atoms with E-state index in [9.17, 15) is 14.7 Å². The smallest absolute Gasteiger partial charge is 0.335 e. The summed E-state index contributed by atoms with van der Waals surface area (Å²) < 4.78 is 10.8. The van der Waals surface area contributed by atoms with Crippen LogP contribution in [0.5, 0.6) is 0 Å². The highest BCUT2D eigenvalue weighted by molar-refractivity contribution is 5.92. The zero-order valence-electron chi connectivity index (χ0n) is 14.2. The molecular weight excluding hydrogens is 320 g/mol. The van der Waals surface area contributed by atoms with E-state index in [4.69, 9.17) is 9.15 Å². The van der Waals surface area contributed by atoms with Crippen molar-refractivity contribution in [3.8, 4) is 0 Å². The van der Waals surface area contributed by atoms with Crippen LogP contribution < -0.4 is 0 Å². The Morgan fingerprint density at radius 3 is 2.92 bits per heavy atom. The summed E-state index contributed by atoms with van der Waals surface area (Å²) in [6.45, 7) is 5.98. The highest BCUT2D eigenvalue weighted by Crippen LogP contribution is 2.49. The number of carboxylic acid groups (broad SMARTS) is 1. The van der Waals surface area contributed by atoms with E-state index in [0.717, 1.165) is 5.56 Å². The molecule has 1 aliphatic carbocycles. The van der Waals surface area contributed by atoms with Crippen molar-refractivity contribution in [2.45, 2.75) is 38.7 Å². The summed E-state index contributed by atoms with van der Waals surface area (Å²) in [6.07, 6.45) is 10.5. The van der Waals surface area contributed by atoms with Crippen molar-refractivity contribution in [3.63, 3.8) is 0 Å². The van der Waals surface area contributed by atoms with Gasteiger partial charge in [0.2, 0.25) is 0 Å². The fraction of sp³-hybridized carbons (Fsp3) is 0.400. The minimum atomic E-state index is -0.996. The molecule has 1 fully saturated rings. The molecule has 1 aromatic rings. The SMILES string of the molecule is C=C1CC[C@H]2C(=O)O[C@H](c3ccoc3)C[C@]2(C)C/C=C\C=C1C(=O)O. The molecule has 3 rings (SSSR count). The van der Waals surface area contributed by atoms with Crippen molar-refractivity contribution in [1.82, 2.24) is 0 Å². The molecule has 0 unspecified atom stereocenters. The first-order chi connectivity index (χ1) is 11.9. The van der Waals surface area contributed by atoms with Crippen LogP contribution in [0.4, 0.5) is 0 Å². The number of rotatable bonds is 2. The van der Waals surface area contributed by atoms with Gasteiger partial charge in [0, 0.05) is 5.56 Å². The second-order valence-corrected chi connectivity index (χ2v) is 7.05. The topological polar surface area (TPSA) is 76.7 Å². The third kappa shape index (κ3) is 3.45. The molecular formula is C20H22O5. The Hall–Kier alpha value is -2.56. The number of furan rings is 1. The number of ether oxygens (including phenoxy) is 1. The summed E-state index contributed by atoms with van der Waals surface area (Å²) in [5.74, 6) is -1.52. The lowest BCUT2D eigenvalue weighted by molar-refractivity contribution is -0.173. The van der Waals surface area contributed by atoms with Crippen LogP contribution in [0.2, 0.25) is 0 Å². The molecule has 0 bridgehead atoms. The largest absolute Gasteiger partial charge is 0.478 e. The predicted molar refractivity (Wildman–Crippen MR) is 91.6 cm³/mol. The van der Waals surface area contributed by atoms with Crippen molar-refractivity contribution >= 4 is 11.9 Å². The Labute approximate surface area is 146 Å². The fourth-order valence-corrected chi connectivity index (χ4v) is 3.75. The molecule has 0 spiro atoms. The van der Waals surface area contributed by atoms with E-state index in [2.05, 4.69) is 13.5 Å². The summed E-state index contributed by atoms with van der Waals surface area (Å²) in [4.78, 5) is 24.0. The van der Waals surface area contributed by atoms with Crippen LogP contribution in [0.25, 0.3) is 0 Å². The van der Waals surface area contributed by atoms with Crippen LogP contribution in [-0.4, -0.2) is 17.0 Å². The lowest BCUT2D eigenvalue weighted by atomic mass is 9.66. The maximum atomic E-state index is 12.7. The van der Waals surface area contributed by atoms with Gasteiger partial charge in [-0.15, -0.1) is 0 Å². The molecule has 25 heavy (non-hydrogen) atoms. The number of hydrogen-bond donors (Lipinski definition) is 1. The van der Waals surface area contributed by atoms with E-state index in [1.165, 1.54) is 0 Å². The second kappa shape index (κ2) is 6.75. The monoisotopic (exact) mass is 342 g/mol. The Bertz CT molecular complexity index is 740. The van der Waals surface area contributed by atoms with Crippen LogP contribution in [0.3, 0.4) is 0 Å². The van der Waals surface area contributed by atoms with E-state index in [0.29, 0.717) is 31.3 Å². The van der Waals surface area contributed by atoms with Gasteiger partial charge >= 0.3 is 11.9 Å². The average molecular weight is 342 g/mol. The molecule has 1 aliphatic heterocycles. The highest BCUT2D eigenvalue weighted by atomic mass is 16.5. The normalized spacial score (nSPS) is 31.5. The molecule has 5 nitrogen and oxygen atoms in total. The molecule has 5 heteroatoms. The molecule has 3 atom stereocenters. The van der Waals surface area contributed by atoms with E-state index >= 15 is 0 Å². The quantitative estimate of drug-likeness (QED) is 0.815. The summed E-state index contributed by atoms with van der Waals surface area (Å²) >= 11 is 0. The number of allylic oxidation sites excluding steroid dienone is 3. The van der Waals surface area contributed by atoms with Crippen LogP contribution in [0.1, 0.15) is 44.3 Å². The fourth-order valence-electron chi connectivity index (χ4n) is 3.75. The van der Waals surface area contributed by atoms with Crippen molar-refractivity contribution in [1.29, 1.82) is 0 Å². The molecule has 1 aromatic heterocycles. The van der Waals surface area contributed by atoms with Gasteiger partial charge in [-0.2, -0.15) is 0 Å². The van der Waals surface area contributed by atoms with E-state index in [1.807, 2.05) is 12.1 Å². The zero-order chi connectivity index (χ0) is 18.0. The van der Waals surface area contributed by atoms with E-state index in [-0.39, 0.29) is 29.0 Å². The zero-order valence-corrected chi connectivity index (χ0v) is 14.2. The third-order valence-corrected chi connectivity index (χ3v) is 5.28. The van der Waals surface area contributed by atoms with Crippen molar-refractivity contribution in [2.24, 2.45) is 11.3 Å². The lowest BCUT2D eigenvalue weighted by Gasteiger charge is -2.43. The average Bonchev–Trinajstić information content (AvgIpc) is 3.07. The summed E-state index contributed by atoms with van der Waals surface area (Å²) in [5, 5.41) is 9.30. The van der Waals surface area contributed by atoms with Crippen molar-refractivity contribution in [3.05, 3.63) is 60.1 Å². The highest BCUT2D eigenvalue weighted by Gasteiger charge is 2.46. The Balaban J connectivity index is 1.89. The van der Waals surface area contributed by atoms with Crippen LogP contribution in [0.15, 0.2) is 59.0 Å². The maximum Gasteiger partial charge on any atom is 0.335 e.